The number of hydrogen-bond acceptors (Lipinski definition) is 0. The van der Waals surface area contributed by atoms with Crippen LogP contribution in [0.1, 0.15) is 30.4 Å². The molecule has 2 aromatic carbocycles. The maximum absolute atomic E-state index is 2.34. The summed E-state index contributed by atoms with van der Waals surface area (Å²) >= 11 is 0. The molecule has 2 aromatic rings. The molecule has 0 aliphatic heterocycles. The van der Waals surface area contributed by atoms with Gasteiger partial charge in [-0.3, -0.25) is 0 Å². The van der Waals surface area contributed by atoms with Crippen LogP contribution in [0.4, 0.5) is 0 Å². The third kappa shape index (κ3) is 3.59. The molecule has 0 nitrogen and oxygen atoms in total. The highest BCUT2D eigenvalue weighted by Gasteiger charge is 2.03. The van der Waals surface area contributed by atoms with Gasteiger partial charge in [0.15, 0.2) is 0 Å². The summed E-state index contributed by atoms with van der Waals surface area (Å²) in [7, 11) is 0. The van der Waals surface area contributed by atoms with Crippen molar-refractivity contribution in [2.45, 2.75) is 25.7 Å². The van der Waals surface area contributed by atoms with Crippen LogP contribution in [0.2, 0.25) is 0 Å². The molecule has 0 aliphatic carbocycles. The van der Waals surface area contributed by atoms with Gasteiger partial charge in [0.25, 0.3) is 0 Å². The molecule has 1 unspecified atom stereocenters. The predicted octanol–water partition coefficient (Wildman–Crippen LogP) is 4.98. The third-order valence-corrected chi connectivity index (χ3v) is 3.23. The van der Waals surface area contributed by atoms with Gasteiger partial charge in [-0.1, -0.05) is 79.7 Å². The van der Waals surface area contributed by atoms with E-state index in [0.717, 1.165) is 12.8 Å². The number of rotatable bonds is 5. The van der Waals surface area contributed by atoms with E-state index in [9.17, 15) is 0 Å². The fraction of sp³-hybridized carbons (Fsp3) is 0.222. The van der Waals surface area contributed by atoms with Crippen LogP contribution < -0.4 is 0 Å². The first kappa shape index (κ1) is 12.6. The van der Waals surface area contributed by atoms with Crippen LogP contribution in [0.15, 0.2) is 72.8 Å². The van der Waals surface area contributed by atoms with Crippen LogP contribution >= 0.6 is 0 Å². The Hall–Kier alpha value is -1.82. The second kappa shape index (κ2) is 6.80. The normalized spacial score (nSPS) is 12.7. The minimum absolute atomic E-state index is 0.537. The first-order valence-corrected chi connectivity index (χ1v) is 6.65. The van der Waals surface area contributed by atoms with Crippen molar-refractivity contribution < 1.29 is 0 Å². The van der Waals surface area contributed by atoms with Crippen LogP contribution in [0.25, 0.3) is 0 Å². The Morgan fingerprint density at radius 3 is 2.11 bits per heavy atom. The summed E-state index contributed by atoms with van der Waals surface area (Å²) in [5, 5.41) is 0. The van der Waals surface area contributed by atoms with E-state index in [1.165, 1.54) is 11.1 Å². The Balaban J connectivity index is 1.99. The maximum atomic E-state index is 2.34. The molecule has 0 heterocycles. The lowest BCUT2D eigenvalue weighted by molar-refractivity contribution is 0.802. The fourth-order valence-electron chi connectivity index (χ4n) is 2.17. The zero-order valence-corrected chi connectivity index (χ0v) is 10.9. The van der Waals surface area contributed by atoms with Crippen LogP contribution in [0.5, 0.6) is 0 Å². The van der Waals surface area contributed by atoms with Crippen molar-refractivity contribution in [1.82, 2.24) is 0 Å². The summed E-state index contributed by atoms with van der Waals surface area (Å²) < 4.78 is 0. The Morgan fingerprint density at radius 1 is 0.889 bits per heavy atom. The molecule has 0 aromatic heterocycles. The molecular weight excluding hydrogens is 216 g/mol. The van der Waals surface area contributed by atoms with Gasteiger partial charge in [-0.05, 0) is 24.0 Å². The summed E-state index contributed by atoms with van der Waals surface area (Å²) in [6, 6.07) is 21.3. The Kier molecular flexibility index (Phi) is 4.78. The topological polar surface area (TPSA) is 0 Å². The minimum atomic E-state index is 0.537. The van der Waals surface area contributed by atoms with E-state index in [0.29, 0.717) is 5.92 Å². The quantitative estimate of drug-likeness (QED) is 0.642. The van der Waals surface area contributed by atoms with E-state index in [-0.39, 0.29) is 0 Å². The van der Waals surface area contributed by atoms with Crippen molar-refractivity contribution in [2.75, 3.05) is 0 Å². The molecule has 0 radical (unpaired) electrons. The SMILES string of the molecule is CCC(C=CCc1ccccc1)c1ccccc1. The van der Waals surface area contributed by atoms with Crippen molar-refractivity contribution in [1.29, 1.82) is 0 Å². The first-order valence-electron chi connectivity index (χ1n) is 6.65. The Bertz CT molecular complexity index is 468. The standard InChI is InChI=1S/C18H20/c1-2-17(18-13-7-4-8-14-18)15-9-12-16-10-5-3-6-11-16/h3-11,13-15,17H,2,12H2,1H3. The van der Waals surface area contributed by atoms with Crippen molar-refractivity contribution in [3.8, 4) is 0 Å². The van der Waals surface area contributed by atoms with Gasteiger partial charge >= 0.3 is 0 Å². The number of allylic oxidation sites excluding steroid dienone is 2. The molecule has 0 saturated carbocycles. The Labute approximate surface area is 110 Å². The lowest BCUT2D eigenvalue weighted by atomic mass is 9.95. The van der Waals surface area contributed by atoms with Crippen LogP contribution in [0.3, 0.4) is 0 Å². The lowest BCUT2D eigenvalue weighted by Gasteiger charge is -2.10. The molecule has 0 saturated heterocycles. The molecule has 0 aliphatic rings. The monoisotopic (exact) mass is 236 g/mol. The molecule has 1 atom stereocenters. The molecule has 0 fully saturated rings. The average Bonchev–Trinajstić information content (AvgIpc) is 2.46. The molecule has 0 heteroatoms. The summed E-state index contributed by atoms with van der Waals surface area (Å²) in [5.74, 6) is 0.537. The molecular formula is C18H20. The second-order valence-corrected chi connectivity index (χ2v) is 4.54. The molecule has 92 valence electrons. The predicted molar refractivity (Wildman–Crippen MR) is 78.8 cm³/mol. The van der Waals surface area contributed by atoms with E-state index in [2.05, 4.69) is 79.7 Å². The van der Waals surface area contributed by atoms with E-state index < -0.39 is 0 Å². The highest BCUT2D eigenvalue weighted by molar-refractivity contribution is 5.25. The van der Waals surface area contributed by atoms with Crippen LogP contribution in [-0.2, 0) is 6.42 Å². The Morgan fingerprint density at radius 2 is 1.50 bits per heavy atom. The summed E-state index contributed by atoms with van der Waals surface area (Å²) in [4.78, 5) is 0. The summed E-state index contributed by atoms with van der Waals surface area (Å²) in [5.41, 5.74) is 2.78. The van der Waals surface area contributed by atoms with Crippen molar-refractivity contribution in [3.63, 3.8) is 0 Å². The van der Waals surface area contributed by atoms with E-state index >= 15 is 0 Å². The molecule has 0 spiro atoms. The third-order valence-electron chi connectivity index (χ3n) is 3.23. The van der Waals surface area contributed by atoms with Gasteiger partial charge in [0.1, 0.15) is 0 Å². The maximum Gasteiger partial charge on any atom is 0.00154 e. The summed E-state index contributed by atoms with van der Waals surface area (Å²) in [6.45, 7) is 2.24. The highest BCUT2D eigenvalue weighted by atomic mass is 14.1. The lowest BCUT2D eigenvalue weighted by Crippen LogP contribution is -1.92. The average molecular weight is 236 g/mol. The highest BCUT2D eigenvalue weighted by Crippen LogP contribution is 2.20. The zero-order valence-electron chi connectivity index (χ0n) is 10.9. The molecule has 0 bridgehead atoms. The van der Waals surface area contributed by atoms with Gasteiger partial charge in [0.05, 0.1) is 0 Å². The molecule has 18 heavy (non-hydrogen) atoms. The van der Waals surface area contributed by atoms with Gasteiger partial charge < -0.3 is 0 Å². The van der Waals surface area contributed by atoms with Crippen molar-refractivity contribution in [3.05, 3.63) is 83.9 Å². The molecule has 0 amide bonds. The second-order valence-electron chi connectivity index (χ2n) is 4.54. The van der Waals surface area contributed by atoms with E-state index in [1.54, 1.807) is 0 Å². The van der Waals surface area contributed by atoms with Crippen molar-refractivity contribution >= 4 is 0 Å². The minimum Gasteiger partial charge on any atom is -0.0835 e. The fourth-order valence-corrected chi connectivity index (χ4v) is 2.17. The number of benzene rings is 2. The van der Waals surface area contributed by atoms with E-state index in [1.807, 2.05) is 0 Å². The smallest absolute Gasteiger partial charge is 0.00154 e. The van der Waals surface area contributed by atoms with Gasteiger partial charge in [-0.15, -0.1) is 0 Å². The van der Waals surface area contributed by atoms with Gasteiger partial charge in [-0.25, -0.2) is 0 Å². The van der Waals surface area contributed by atoms with E-state index in [4.69, 9.17) is 0 Å². The molecule has 0 N–H and O–H groups in total. The largest absolute Gasteiger partial charge is 0.0835 e. The van der Waals surface area contributed by atoms with Crippen LogP contribution in [0, 0.1) is 0 Å². The summed E-state index contributed by atoms with van der Waals surface area (Å²) in [6.07, 6.45) is 6.79. The molecule has 2 rings (SSSR count). The first-order chi connectivity index (χ1) is 8.90. The van der Waals surface area contributed by atoms with Crippen LogP contribution in [-0.4, -0.2) is 0 Å². The van der Waals surface area contributed by atoms with Gasteiger partial charge in [0.2, 0.25) is 0 Å². The van der Waals surface area contributed by atoms with Gasteiger partial charge in [0, 0.05) is 5.92 Å². The van der Waals surface area contributed by atoms with Gasteiger partial charge in [-0.2, -0.15) is 0 Å². The number of hydrogen-bond donors (Lipinski definition) is 0. The van der Waals surface area contributed by atoms with Crippen molar-refractivity contribution in [2.24, 2.45) is 0 Å². The zero-order chi connectivity index (χ0) is 12.6.